The standard InChI is InChI=1S/C12H15NO/c1-3-7-10(2)13-12(14)11-8-5-4-6-9-11/h3-6,8-10H,1,7H2,2H3,(H,13,14)/t10-/m1/s1. The summed E-state index contributed by atoms with van der Waals surface area (Å²) in [6.07, 6.45) is 2.59. The molecule has 74 valence electrons. The van der Waals surface area contributed by atoms with Crippen LogP contribution < -0.4 is 5.32 Å². The van der Waals surface area contributed by atoms with Crippen molar-refractivity contribution in [3.63, 3.8) is 0 Å². The average Bonchev–Trinajstić information content (AvgIpc) is 2.19. The quantitative estimate of drug-likeness (QED) is 0.724. The van der Waals surface area contributed by atoms with Crippen molar-refractivity contribution < 1.29 is 4.79 Å². The third-order valence-electron chi connectivity index (χ3n) is 1.93. The topological polar surface area (TPSA) is 29.1 Å². The van der Waals surface area contributed by atoms with Gasteiger partial charge < -0.3 is 5.32 Å². The van der Waals surface area contributed by atoms with Crippen molar-refractivity contribution in [1.29, 1.82) is 0 Å². The molecule has 1 N–H and O–H groups in total. The monoisotopic (exact) mass is 189 g/mol. The lowest BCUT2D eigenvalue weighted by atomic mass is 10.2. The minimum atomic E-state index is -0.0278. The summed E-state index contributed by atoms with van der Waals surface area (Å²) in [5.41, 5.74) is 0.698. The van der Waals surface area contributed by atoms with E-state index in [0.717, 1.165) is 6.42 Å². The molecule has 0 aromatic heterocycles. The maximum absolute atomic E-state index is 11.6. The highest BCUT2D eigenvalue weighted by Crippen LogP contribution is 2.00. The first kappa shape index (κ1) is 10.5. The Labute approximate surface area is 84.6 Å². The van der Waals surface area contributed by atoms with Gasteiger partial charge in [0.25, 0.3) is 5.91 Å². The lowest BCUT2D eigenvalue weighted by molar-refractivity contribution is 0.0940. The van der Waals surface area contributed by atoms with Crippen LogP contribution in [0.25, 0.3) is 0 Å². The molecule has 0 aliphatic carbocycles. The molecule has 0 aliphatic rings. The molecule has 1 aromatic carbocycles. The third-order valence-corrected chi connectivity index (χ3v) is 1.93. The van der Waals surface area contributed by atoms with Crippen molar-refractivity contribution in [3.8, 4) is 0 Å². The second-order valence-corrected chi connectivity index (χ2v) is 3.26. The Bertz CT molecular complexity index is 305. The first-order chi connectivity index (χ1) is 6.74. The molecule has 14 heavy (non-hydrogen) atoms. The Morgan fingerprint density at radius 3 is 2.71 bits per heavy atom. The Morgan fingerprint density at radius 1 is 1.50 bits per heavy atom. The second kappa shape index (κ2) is 5.22. The number of amides is 1. The molecule has 0 spiro atoms. The van der Waals surface area contributed by atoms with Crippen LogP contribution in [0.5, 0.6) is 0 Å². The van der Waals surface area contributed by atoms with Gasteiger partial charge in [-0.3, -0.25) is 4.79 Å². The van der Waals surface area contributed by atoms with E-state index in [-0.39, 0.29) is 11.9 Å². The van der Waals surface area contributed by atoms with Gasteiger partial charge in [0.1, 0.15) is 0 Å². The van der Waals surface area contributed by atoms with Gasteiger partial charge in [-0.2, -0.15) is 0 Å². The van der Waals surface area contributed by atoms with Crippen molar-refractivity contribution >= 4 is 5.91 Å². The highest BCUT2D eigenvalue weighted by Gasteiger charge is 2.06. The fourth-order valence-corrected chi connectivity index (χ4v) is 1.21. The van der Waals surface area contributed by atoms with Crippen molar-refractivity contribution in [1.82, 2.24) is 5.32 Å². The van der Waals surface area contributed by atoms with Crippen molar-refractivity contribution in [2.45, 2.75) is 19.4 Å². The molecule has 0 bridgehead atoms. The van der Waals surface area contributed by atoms with Crippen LogP contribution in [-0.2, 0) is 0 Å². The minimum absolute atomic E-state index is 0.0278. The molecule has 1 atom stereocenters. The van der Waals surface area contributed by atoms with Gasteiger partial charge in [0, 0.05) is 11.6 Å². The smallest absolute Gasteiger partial charge is 0.251 e. The van der Waals surface area contributed by atoms with E-state index in [0.29, 0.717) is 5.56 Å². The summed E-state index contributed by atoms with van der Waals surface area (Å²) in [6, 6.07) is 9.34. The summed E-state index contributed by atoms with van der Waals surface area (Å²) in [5, 5.41) is 2.89. The Balaban J connectivity index is 2.55. The van der Waals surface area contributed by atoms with Gasteiger partial charge in [-0.05, 0) is 25.5 Å². The van der Waals surface area contributed by atoms with Crippen LogP contribution in [0.3, 0.4) is 0 Å². The summed E-state index contributed by atoms with van der Waals surface area (Å²) >= 11 is 0. The third kappa shape index (κ3) is 3.05. The molecule has 0 saturated carbocycles. The Hall–Kier alpha value is -1.57. The molecule has 1 aromatic rings. The van der Waals surface area contributed by atoms with Gasteiger partial charge in [-0.1, -0.05) is 24.3 Å². The van der Waals surface area contributed by atoms with E-state index in [2.05, 4.69) is 11.9 Å². The first-order valence-corrected chi connectivity index (χ1v) is 4.71. The van der Waals surface area contributed by atoms with Crippen molar-refractivity contribution in [2.75, 3.05) is 0 Å². The van der Waals surface area contributed by atoms with Gasteiger partial charge in [-0.25, -0.2) is 0 Å². The lowest BCUT2D eigenvalue weighted by Crippen LogP contribution is -2.31. The van der Waals surface area contributed by atoms with Gasteiger partial charge in [0.05, 0.1) is 0 Å². The molecule has 0 unspecified atom stereocenters. The molecule has 1 rings (SSSR count). The molecule has 0 radical (unpaired) electrons. The van der Waals surface area contributed by atoms with E-state index >= 15 is 0 Å². The van der Waals surface area contributed by atoms with Crippen LogP contribution in [0.2, 0.25) is 0 Å². The molecule has 2 nitrogen and oxygen atoms in total. The van der Waals surface area contributed by atoms with E-state index in [9.17, 15) is 4.79 Å². The van der Waals surface area contributed by atoms with Crippen LogP contribution >= 0.6 is 0 Å². The first-order valence-electron chi connectivity index (χ1n) is 4.71. The highest BCUT2D eigenvalue weighted by atomic mass is 16.1. The van der Waals surface area contributed by atoms with Crippen LogP contribution in [-0.4, -0.2) is 11.9 Å². The maximum atomic E-state index is 11.6. The SMILES string of the molecule is C=CC[C@@H](C)NC(=O)c1ccccc1. The Kier molecular flexibility index (Phi) is 3.92. The highest BCUT2D eigenvalue weighted by molar-refractivity contribution is 5.94. The molecule has 0 aliphatic heterocycles. The van der Waals surface area contributed by atoms with Crippen LogP contribution in [0.15, 0.2) is 43.0 Å². The second-order valence-electron chi connectivity index (χ2n) is 3.26. The maximum Gasteiger partial charge on any atom is 0.251 e. The van der Waals surface area contributed by atoms with Crippen molar-refractivity contribution in [2.24, 2.45) is 0 Å². The van der Waals surface area contributed by atoms with E-state index in [1.54, 1.807) is 18.2 Å². The van der Waals surface area contributed by atoms with Gasteiger partial charge >= 0.3 is 0 Å². The number of benzene rings is 1. The largest absolute Gasteiger partial charge is 0.349 e. The normalized spacial score (nSPS) is 11.8. The fraction of sp³-hybridized carbons (Fsp3) is 0.250. The molecule has 0 fully saturated rings. The van der Waals surface area contributed by atoms with Gasteiger partial charge in [0.2, 0.25) is 0 Å². The van der Waals surface area contributed by atoms with Crippen molar-refractivity contribution in [3.05, 3.63) is 48.6 Å². The minimum Gasteiger partial charge on any atom is -0.349 e. The fourth-order valence-electron chi connectivity index (χ4n) is 1.21. The number of carbonyl (C=O) groups excluding carboxylic acids is 1. The summed E-state index contributed by atoms with van der Waals surface area (Å²) in [4.78, 5) is 11.6. The molecule has 1 amide bonds. The predicted octanol–water partition coefficient (Wildman–Crippen LogP) is 2.38. The van der Waals surface area contributed by atoms with Crippen LogP contribution in [0.4, 0.5) is 0 Å². The molecule has 0 saturated heterocycles. The average molecular weight is 189 g/mol. The molecular weight excluding hydrogens is 174 g/mol. The predicted molar refractivity (Wildman–Crippen MR) is 58.2 cm³/mol. The van der Waals surface area contributed by atoms with Gasteiger partial charge in [0.15, 0.2) is 0 Å². The zero-order valence-corrected chi connectivity index (χ0v) is 8.36. The number of carbonyl (C=O) groups is 1. The summed E-state index contributed by atoms with van der Waals surface area (Å²) in [6.45, 7) is 5.59. The molecule has 0 heterocycles. The number of hydrogen-bond donors (Lipinski definition) is 1. The van der Waals surface area contributed by atoms with E-state index in [4.69, 9.17) is 0 Å². The number of nitrogens with one attached hydrogen (secondary N) is 1. The van der Waals surface area contributed by atoms with Crippen LogP contribution in [0.1, 0.15) is 23.7 Å². The van der Waals surface area contributed by atoms with Gasteiger partial charge in [-0.15, -0.1) is 6.58 Å². The zero-order valence-electron chi connectivity index (χ0n) is 8.36. The number of hydrogen-bond acceptors (Lipinski definition) is 1. The lowest BCUT2D eigenvalue weighted by Gasteiger charge is -2.11. The molecule has 2 heteroatoms. The summed E-state index contributed by atoms with van der Waals surface area (Å²) in [7, 11) is 0. The summed E-state index contributed by atoms with van der Waals surface area (Å²) < 4.78 is 0. The number of rotatable bonds is 4. The zero-order chi connectivity index (χ0) is 10.4. The van der Waals surface area contributed by atoms with E-state index < -0.39 is 0 Å². The van der Waals surface area contributed by atoms with E-state index in [1.807, 2.05) is 25.1 Å². The van der Waals surface area contributed by atoms with Crippen LogP contribution in [0, 0.1) is 0 Å². The van der Waals surface area contributed by atoms with E-state index in [1.165, 1.54) is 0 Å². The summed E-state index contributed by atoms with van der Waals surface area (Å²) in [5.74, 6) is -0.0278. The molecular formula is C12H15NO. The Morgan fingerprint density at radius 2 is 2.14 bits per heavy atom.